The zero-order valence-electron chi connectivity index (χ0n) is 9.27. The molecule has 0 amide bonds. The van der Waals surface area contributed by atoms with Crippen molar-refractivity contribution in [3.05, 3.63) is 22.1 Å². The average Bonchev–Trinajstić information content (AvgIpc) is 2.72. The van der Waals surface area contributed by atoms with Crippen molar-refractivity contribution < 1.29 is 0 Å². The van der Waals surface area contributed by atoms with E-state index >= 15 is 0 Å². The van der Waals surface area contributed by atoms with Gasteiger partial charge in [-0.3, -0.25) is 4.68 Å². The minimum absolute atomic E-state index is 0.572. The molecule has 0 unspecified atom stereocenters. The van der Waals surface area contributed by atoms with Gasteiger partial charge in [0.25, 0.3) is 0 Å². The van der Waals surface area contributed by atoms with Gasteiger partial charge in [0.05, 0.1) is 14.4 Å². The summed E-state index contributed by atoms with van der Waals surface area (Å²) < 4.78 is 3.02. The first-order chi connectivity index (χ1) is 7.56. The Labute approximate surface area is 107 Å². The van der Waals surface area contributed by atoms with E-state index in [-0.39, 0.29) is 0 Å². The smallest absolute Gasteiger partial charge is 0.125 e. The molecule has 16 heavy (non-hydrogen) atoms. The number of aromatic nitrogens is 2. The van der Waals surface area contributed by atoms with E-state index in [2.05, 4.69) is 34.9 Å². The van der Waals surface area contributed by atoms with Crippen molar-refractivity contribution in [1.82, 2.24) is 9.78 Å². The van der Waals surface area contributed by atoms with Crippen LogP contribution in [0, 0.1) is 5.92 Å². The van der Waals surface area contributed by atoms with Crippen molar-refractivity contribution in [2.24, 2.45) is 5.92 Å². The van der Waals surface area contributed by atoms with Crippen LogP contribution in [0.1, 0.15) is 13.8 Å². The molecule has 0 aliphatic heterocycles. The number of thiophene rings is 1. The Hall–Kier alpha value is -0.810. The van der Waals surface area contributed by atoms with Gasteiger partial charge < -0.3 is 5.73 Å². The van der Waals surface area contributed by atoms with Crippen LogP contribution in [0.2, 0.25) is 0 Å². The van der Waals surface area contributed by atoms with Gasteiger partial charge >= 0.3 is 0 Å². The van der Waals surface area contributed by atoms with Crippen LogP contribution in [0.15, 0.2) is 22.1 Å². The summed E-state index contributed by atoms with van der Waals surface area (Å²) in [5.74, 6) is 0.572. The van der Waals surface area contributed by atoms with Crippen molar-refractivity contribution in [3.8, 4) is 10.6 Å². The summed E-state index contributed by atoms with van der Waals surface area (Å²) in [6.07, 6.45) is 1.91. The molecule has 0 saturated carbocycles. The fraction of sp³-hybridized carbons (Fsp3) is 0.364. The average molecular weight is 300 g/mol. The van der Waals surface area contributed by atoms with E-state index < -0.39 is 0 Å². The maximum Gasteiger partial charge on any atom is 0.125 e. The molecule has 2 rings (SSSR count). The monoisotopic (exact) mass is 299 g/mol. The van der Waals surface area contributed by atoms with Gasteiger partial charge in [0, 0.05) is 12.7 Å². The van der Waals surface area contributed by atoms with Crippen LogP contribution in [-0.4, -0.2) is 9.78 Å². The van der Waals surface area contributed by atoms with Gasteiger partial charge in [-0.2, -0.15) is 5.10 Å². The molecule has 0 fully saturated rings. The highest BCUT2D eigenvalue weighted by atomic mass is 79.9. The van der Waals surface area contributed by atoms with Crippen LogP contribution in [0.4, 0.5) is 5.69 Å². The van der Waals surface area contributed by atoms with Gasteiger partial charge in [-0.25, -0.2) is 0 Å². The molecule has 5 heteroatoms. The summed E-state index contributed by atoms with van der Waals surface area (Å²) in [5, 5.41) is 4.51. The summed E-state index contributed by atoms with van der Waals surface area (Å²) in [5.41, 5.74) is 7.60. The molecule has 2 aromatic heterocycles. The summed E-state index contributed by atoms with van der Waals surface area (Å²) in [7, 11) is 0. The van der Waals surface area contributed by atoms with E-state index in [1.54, 1.807) is 11.3 Å². The second-order valence-electron chi connectivity index (χ2n) is 4.15. The minimum atomic E-state index is 0.572. The summed E-state index contributed by atoms with van der Waals surface area (Å²) in [6.45, 7) is 5.23. The van der Waals surface area contributed by atoms with Crippen LogP contribution < -0.4 is 5.73 Å². The van der Waals surface area contributed by atoms with Gasteiger partial charge in [0.15, 0.2) is 0 Å². The second kappa shape index (κ2) is 4.59. The third-order valence-corrected chi connectivity index (χ3v) is 3.78. The third-order valence-electron chi connectivity index (χ3n) is 2.15. The molecule has 0 saturated heterocycles. The highest BCUT2D eigenvalue weighted by molar-refractivity contribution is 9.11. The second-order valence-corrected chi connectivity index (χ2v) is 6.62. The fourth-order valence-electron chi connectivity index (χ4n) is 1.54. The van der Waals surface area contributed by atoms with E-state index in [1.165, 1.54) is 0 Å². The van der Waals surface area contributed by atoms with E-state index in [0.29, 0.717) is 5.92 Å². The molecule has 0 radical (unpaired) electrons. The lowest BCUT2D eigenvalue weighted by Crippen LogP contribution is -2.04. The van der Waals surface area contributed by atoms with Gasteiger partial charge in [0.1, 0.15) is 5.69 Å². The van der Waals surface area contributed by atoms with E-state index in [4.69, 9.17) is 5.73 Å². The number of hydrogen-bond donors (Lipinski definition) is 1. The highest BCUT2D eigenvalue weighted by Gasteiger charge is 2.11. The first-order valence-electron chi connectivity index (χ1n) is 5.15. The maximum atomic E-state index is 5.97. The Kier molecular flexibility index (Phi) is 3.35. The zero-order valence-corrected chi connectivity index (χ0v) is 11.7. The SMILES string of the molecule is CC(C)Cn1cc(N)c(-c2ccc(Br)s2)n1. The van der Waals surface area contributed by atoms with Crippen molar-refractivity contribution in [3.63, 3.8) is 0 Å². The lowest BCUT2D eigenvalue weighted by molar-refractivity contribution is 0.484. The topological polar surface area (TPSA) is 43.8 Å². The predicted molar refractivity (Wildman–Crippen MR) is 72.5 cm³/mol. The molecule has 2 aromatic rings. The first-order valence-corrected chi connectivity index (χ1v) is 6.76. The number of halogens is 1. The molecule has 3 nitrogen and oxygen atoms in total. The van der Waals surface area contributed by atoms with Gasteiger partial charge in [-0.1, -0.05) is 13.8 Å². The summed E-state index contributed by atoms with van der Waals surface area (Å²) in [6, 6.07) is 4.05. The maximum absolute atomic E-state index is 5.97. The van der Waals surface area contributed by atoms with Gasteiger partial charge in [-0.05, 0) is 34.0 Å². The Morgan fingerprint density at radius 1 is 1.50 bits per heavy atom. The summed E-state index contributed by atoms with van der Waals surface area (Å²) >= 11 is 5.09. The molecular formula is C11H14BrN3S. The fourth-order valence-corrected chi connectivity index (χ4v) is 2.93. The molecule has 86 valence electrons. The molecule has 0 aliphatic rings. The molecule has 2 heterocycles. The number of rotatable bonds is 3. The number of nitrogen functional groups attached to an aromatic ring is 1. The summed E-state index contributed by atoms with van der Waals surface area (Å²) in [4.78, 5) is 1.10. The zero-order chi connectivity index (χ0) is 11.7. The molecule has 0 aliphatic carbocycles. The van der Waals surface area contributed by atoms with E-state index in [1.807, 2.05) is 23.0 Å². The number of nitrogens with zero attached hydrogens (tertiary/aromatic N) is 2. The lowest BCUT2D eigenvalue weighted by Gasteiger charge is -2.03. The largest absolute Gasteiger partial charge is 0.396 e. The quantitative estimate of drug-likeness (QED) is 0.941. The van der Waals surface area contributed by atoms with Crippen LogP contribution in [0.25, 0.3) is 10.6 Å². The van der Waals surface area contributed by atoms with E-state index in [9.17, 15) is 0 Å². The Balaban J connectivity index is 2.31. The van der Waals surface area contributed by atoms with Crippen LogP contribution >= 0.6 is 27.3 Å². The third kappa shape index (κ3) is 2.47. The number of nitrogens with two attached hydrogens (primary N) is 1. The lowest BCUT2D eigenvalue weighted by atomic mass is 10.2. The van der Waals surface area contributed by atoms with Crippen LogP contribution in [0.3, 0.4) is 0 Å². The Morgan fingerprint density at radius 2 is 2.25 bits per heavy atom. The Morgan fingerprint density at radius 3 is 2.81 bits per heavy atom. The van der Waals surface area contributed by atoms with Crippen molar-refractivity contribution in [2.45, 2.75) is 20.4 Å². The molecule has 0 atom stereocenters. The Bertz CT molecular complexity index is 487. The van der Waals surface area contributed by atoms with Crippen LogP contribution in [-0.2, 0) is 6.54 Å². The predicted octanol–water partition coefficient (Wildman–Crippen LogP) is 3.61. The number of hydrogen-bond acceptors (Lipinski definition) is 3. The minimum Gasteiger partial charge on any atom is -0.396 e. The molecular weight excluding hydrogens is 286 g/mol. The van der Waals surface area contributed by atoms with Crippen LogP contribution in [0.5, 0.6) is 0 Å². The highest BCUT2D eigenvalue weighted by Crippen LogP contribution is 2.33. The van der Waals surface area contributed by atoms with E-state index in [0.717, 1.165) is 26.6 Å². The molecule has 0 bridgehead atoms. The number of anilines is 1. The van der Waals surface area contributed by atoms with Gasteiger partial charge in [0.2, 0.25) is 0 Å². The first kappa shape index (κ1) is 11.7. The molecule has 0 spiro atoms. The van der Waals surface area contributed by atoms with Crippen molar-refractivity contribution in [2.75, 3.05) is 5.73 Å². The van der Waals surface area contributed by atoms with Crippen molar-refractivity contribution in [1.29, 1.82) is 0 Å². The normalized spacial score (nSPS) is 11.2. The standard InChI is InChI=1S/C11H14BrN3S/c1-7(2)5-15-6-8(13)11(14-15)9-3-4-10(12)16-9/h3-4,6-7H,5,13H2,1-2H3. The van der Waals surface area contributed by atoms with Gasteiger partial charge in [-0.15, -0.1) is 11.3 Å². The molecule has 0 aromatic carbocycles. The van der Waals surface area contributed by atoms with Crippen molar-refractivity contribution >= 4 is 33.0 Å². The molecule has 2 N–H and O–H groups in total.